The van der Waals surface area contributed by atoms with E-state index in [9.17, 15) is 0 Å². The van der Waals surface area contributed by atoms with E-state index in [-0.39, 0.29) is 6.10 Å². The molecule has 3 rings (SSSR count). The van der Waals surface area contributed by atoms with Crippen LogP contribution in [-0.2, 0) is 0 Å². The molecule has 0 unspecified atom stereocenters. The average molecular weight is 398 g/mol. The lowest BCUT2D eigenvalue weighted by molar-refractivity contribution is 0.195. The third kappa shape index (κ3) is 3.72. The Morgan fingerprint density at radius 1 is 1.00 bits per heavy atom. The highest BCUT2D eigenvalue weighted by Gasteiger charge is 2.14. The fourth-order valence-corrected chi connectivity index (χ4v) is 3.69. The van der Waals surface area contributed by atoms with Crippen molar-refractivity contribution in [3.8, 4) is 16.9 Å². The number of aryl methyl sites for hydroxylation is 2. The molecule has 0 saturated heterocycles. The summed E-state index contributed by atoms with van der Waals surface area (Å²) < 4.78 is 7.39. The first-order valence-corrected chi connectivity index (χ1v) is 9.66. The van der Waals surface area contributed by atoms with Crippen molar-refractivity contribution in [1.29, 1.82) is 0 Å². The number of hydrogen-bond acceptors (Lipinski definition) is 2. The van der Waals surface area contributed by atoms with Crippen molar-refractivity contribution in [2.45, 2.75) is 46.6 Å². The van der Waals surface area contributed by atoms with Crippen molar-refractivity contribution in [2.24, 2.45) is 0 Å². The number of aromatic nitrogens is 1. The Balaban J connectivity index is 2.20. The highest BCUT2D eigenvalue weighted by molar-refractivity contribution is 9.10. The third-order valence-electron chi connectivity index (χ3n) is 4.61. The van der Waals surface area contributed by atoms with E-state index in [4.69, 9.17) is 9.72 Å². The summed E-state index contributed by atoms with van der Waals surface area (Å²) in [4.78, 5) is 4.84. The smallest absolute Gasteiger partial charge is 0.130 e. The molecule has 0 radical (unpaired) electrons. The summed E-state index contributed by atoms with van der Waals surface area (Å²) in [7, 11) is 0. The summed E-state index contributed by atoms with van der Waals surface area (Å²) in [5.74, 6) is 0.938. The Hall–Kier alpha value is -1.87. The molecule has 0 aliphatic heterocycles. The van der Waals surface area contributed by atoms with Crippen molar-refractivity contribution < 1.29 is 4.74 Å². The van der Waals surface area contributed by atoms with Gasteiger partial charge in [-0.2, -0.15) is 0 Å². The first-order valence-electron chi connectivity index (χ1n) is 8.87. The monoisotopic (exact) mass is 397 g/mol. The topological polar surface area (TPSA) is 22.1 Å². The van der Waals surface area contributed by atoms with Gasteiger partial charge in [-0.1, -0.05) is 48.0 Å². The maximum Gasteiger partial charge on any atom is 0.130 e. The zero-order chi connectivity index (χ0) is 18.0. The number of ether oxygens (including phenoxy) is 1. The Labute approximate surface area is 158 Å². The van der Waals surface area contributed by atoms with E-state index in [2.05, 4.69) is 79.2 Å². The second-order valence-corrected chi connectivity index (χ2v) is 7.39. The van der Waals surface area contributed by atoms with Crippen LogP contribution in [0.3, 0.4) is 0 Å². The lowest BCUT2D eigenvalue weighted by Gasteiger charge is -2.19. The molecule has 0 amide bonds. The van der Waals surface area contributed by atoms with Gasteiger partial charge in [0.25, 0.3) is 0 Å². The van der Waals surface area contributed by atoms with Crippen molar-refractivity contribution in [3.63, 3.8) is 0 Å². The van der Waals surface area contributed by atoms with Crippen LogP contribution in [0.4, 0.5) is 0 Å². The molecule has 25 heavy (non-hydrogen) atoms. The lowest BCUT2D eigenvalue weighted by atomic mass is 9.97. The first kappa shape index (κ1) is 17.9. The average Bonchev–Trinajstić information content (AvgIpc) is 2.59. The molecule has 0 saturated carbocycles. The van der Waals surface area contributed by atoms with E-state index in [0.29, 0.717) is 0 Å². The van der Waals surface area contributed by atoms with Crippen molar-refractivity contribution in [2.75, 3.05) is 0 Å². The van der Waals surface area contributed by atoms with Gasteiger partial charge in [0.05, 0.1) is 11.6 Å². The molecule has 0 spiro atoms. The summed E-state index contributed by atoms with van der Waals surface area (Å²) in [5.41, 5.74) is 5.58. The highest BCUT2D eigenvalue weighted by atomic mass is 79.9. The highest BCUT2D eigenvalue weighted by Crippen LogP contribution is 2.35. The van der Waals surface area contributed by atoms with Gasteiger partial charge < -0.3 is 4.74 Å². The predicted molar refractivity (Wildman–Crippen MR) is 109 cm³/mol. The maximum atomic E-state index is 6.30. The molecule has 0 atom stereocenters. The van der Waals surface area contributed by atoms with Gasteiger partial charge in [0, 0.05) is 27.2 Å². The van der Waals surface area contributed by atoms with Gasteiger partial charge >= 0.3 is 0 Å². The molecular formula is C22H24BrNO. The number of nitrogens with zero attached hydrogens (tertiary/aromatic N) is 1. The normalized spacial score (nSPS) is 11.3. The Bertz CT molecular complexity index is 900. The van der Waals surface area contributed by atoms with E-state index in [0.717, 1.165) is 45.2 Å². The van der Waals surface area contributed by atoms with E-state index in [1.54, 1.807) is 0 Å². The standard InChI is InChI=1S/C22H24BrNO/c1-5-17(6-2)25-21-13-15(4)24-22-19(8-7-9-20(21)22)18-11-10-16(23)12-14(18)3/h7-13,17H,5-6H2,1-4H3. The minimum atomic E-state index is 0.239. The van der Waals surface area contributed by atoms with E-state index in [1.807, 2.05) is 6.92 Å². The van der Waals surface area contributed by atoms with Gasteiger partial charge in [-0.05, 0) is 56.0 Å². The number of fused-ring (bicyclic) bond motifs is 1. The van der Waals surface area contributed by atoms with Crippen LogP contribution < -0.4 is 4.74 Å². The molecule has 130 valence electrons. The fourth-order valence-electron chi connectivity index (χ4n) is 3.22. The van der Waals surface area contributed by atoms with Crippen LogP contribution in [-0.4, -0.2) is 11.1 Å². The van der Waals surface area contributed by atoms with Gasteiger partial charge in [-0.15, -0.1) is 0 Å². The zero-order valence-corrected chi connectivity index (χ0v) is 16.9. The molecule has 2 aromatic carbocycles. The van der Waals surface area contributed by atoms with Gasteiger partial charge in [0.15, 0.2) is 0 Å². The van der Waals surface area contributed by atoms with Crippen molar-refractivity contribution in [3.05, 3.63) is 58.2 Å². The van der Waals surface area contributed by atoms with Crippen LogP contribution in [0, 0.1) is 13.8 Å². The number of halogens is 1. The minimum Gasteiger partial charge on any atom is -0.490 e. The van der Waals surface area contributed by atoms with E-state index in [1.165, 1.54) is 11.1 Å². The fraction of sp³-hybridized carbons (Fsp3) is 0.318. The van der Waals surface area contributed by atoms with Gasteiger partial charge in [-0.3, -0.25) is 4.98 Å². The Morgan fingerprint density at radius 2 is 1.76 bits per heavy atom. The summed E-state index contributed by atoms with van der Waals surface area (Å²) in [6.07, 6.45) is 2.25. The summed E-state index contributed by atoms with van der Waals surface area (Å²) in [6.45, 7) is 8.50. The molecule has 0 aliphatic rings. The second-order valence-electron chi connectivity index (χ2n) is 6.48. The van der Waals surface area contributed by atoms with E-state index >= 15 is 0 Å². The molecule has 2 nitrogen and oxygen atoms in total. The minimum absolute atomic E-state index is 0.239. The van der Waals surface area contributed by atoms with Gasteiger partial charge in [0.2, 0.25) is 0 Å². The number of hydrogen-bond donors (Lipinski definition) is 0. The summed E-state index contributed by atoms with van der Waals surface area (Å²) in [6, 6.07) is 14.8. The van der Waals surface area contributed by atoms with E-state index < -0.39 is 0 Å². The molecule has 1 heterocycles. The summed E-state index contributed by atoms with van der Waals surface area (Å²) in [5, 5.41) is 1.08. The quantitative estimate of drug-likeness (QED) is 0.469. The molecule has 0 aliphatic carbocycles. The van der Waals surface area contributed by atoms with Crippen LogP contribution >= 0.6 is 15.9 Å². The molecule has 0 bridgehead atoms. The van der Waals surface area contributed by atoms with Gasteiger partial charge in [0.1, 0.15) is 5.75 Å². The predicted octanol–water partition coefficient (Wildman–Crippen LogP) is 6.85. The molecule has 1 aromatic heterocycles. The van der Waals surface area contributed by atoms with Gasteiger partial charge in [-0.25, -0.2) is 0 Å². The van der Waals surface area contributed by atoms with Crippen molar-refractivity contribution >= 4 is 26.8 Å². The SMILES string of the molecule is CCC(CC)Oc1cc(C)nc2c(-c3ccc(Br)cc3C)cccc12. The third-order valence-corrected chi connectivity index (χ3v) is 5.11. The van der Waals surface area contributed by atoms with Crippen LogP contribution in [0.25, 0.3) is 22.0 Å². The molecule has 0 N–H and O–H groups in total. The summed E-state index contributed by atoms with van der Waals surface area (Å²) >= 11 is 3.55. The zero-order valence-electron chi connectivity index (χ0n) is 15.3. The number of rotatable bonds is 5. The molecular weight excluding hydrogens is 374 g/mol. The van der Waals surface area contributed by atoms with Crippen molar-refractivity contribution in [1.82, 2.24) is 4.98 Å². The first-order chi connectivity index (χ1) is 12.0. The molecule has 0 fully saturated rings. The Morgan fingerprint density at radius 3 is 2.44 bits per heavy atom. The second kappa shape index (κ2) is 7.57. The van der Waals surface area contributed by atoms with Crippen LogP contribution in [0.5, 0.6) is 5.75 Å². The van der Waals surface area contributed by atoms with Crippen LogP contribution in [0.1, 0.15) is 37.9 Å². The largest absolute Gasteiger partial charge is 0.490 e. The van der Waals surface area contributed by atoms with Crippen LogP contribution in [0.15, 0.2) is 46.9 Å². The Kier molecular flexibility index (Phi) is 5.43. The number of pyridine rings is 1. The molecule has 3 aromatic rings. The number of benzene rings is 2. The van der Waals surface area contributed by atoms with Crippen LogP contribution in [0.2, 0.25) is 0 Å². The lowest BCUT2D eigenvalue weighted by Crippen LogP contribution is -2.14. The maximum absolute atomic E-state index is 6.30. The molecule has 3 heteroatoms. The number of para-hydroxylation sites is 1.